The van der Waals surface area contributed by atoms with Gasteiger partial charge in [-0.05, 0) is 123 Å². The van der Waals surface area contributed by atoms with Gasteiger partial charge in [-0.2, -0.15) is 0 Å². The van der Waals surface area contributed by atoms with Crippen molar-refractivity contribution in [3.8, 4) is 17.2 Å². The first kappa shape index (κ1) is 34.1. The van der Waals surface area contributed by atoms with Gasteiger partial charge >= 0.3 is 0 Å². The van der Waals surface area contributed by atoms with Crippen LogP contribution in [0.3, 0.4) is 0 Å². The van der Waals surface area contributed by atoms with E-state index in [9.17, 15) is 9.59 Å². The third kappa shape index (κ3) is 11.7. The number of hydrogen-bond donors (Lipinski definition) is 0. The summed E-state index contributed by atoms with van der Waals surface area (Å²) in [6, 6.07) is 25.1. The van der Waals surface area contributed by atoms with Crippen LogP contribution >= 0.6 is 55.1 Å². The van der Waals surface area contributed by atoms with E-state index in [2.05, 4.69) is 31.9 Å². The standard InChI is InChI=1S/C16H12BrClO2.C9H9BrO2.C7H7ClO/c1-20-13-7-8-14(15(17)10-13)16(19)9-4-11-2-5-12(18)6-3-11;1-6(11)8-4-3-7(12-2)5-9(8)10;1-9-7-4-2-6(8)3-5-7/h2-10H,1H3;3-5H,1-2H3;2-5H,1H3/b9-4+;;. The molecule has 4 aromatic carbocycles. The molecule has 0 aliphatic carbocycles. The van der Waals surface area contributed by atoms with E-state index >= 15 is 0 Å². The van der Waals surface area contributed by atoms with E-state index in [1.54, 1.807) is 88.1 Å². The number of allylic oxidation sites excluding steroid dienone is 1. The smallest absolute Gasteiger partial charge is 0.186 e. The Balaban J connectivity index is 0.000000237. The van der Waals surface area contributed by atoms with Gasteiger partial charge in [0.2, 0.25) is 0 Å². The molecule has 0 saturated heterocycles. The van der Waals surface area contributed by atoms with E-state index in [1.807, 2.05) is 24.3 Å². The molecule has 9 heteroatoms. The molecule has 0 aliphatic rings. The third-order valence-corrected chi connectivity index (χ3v) is 7.16. The van der Waals surface area contributed by atoms with Crippen LogP contribution in [0.25, 0.3) is 6.08 Å². The molecule has 4 rings (SSSR count). The van der Waals surface area contributed by atoms with Gasteiger partial charge in [0.1, 0.15) is 17.2 Å². The number of benzene rings is 4. The summed E-state index contributed by atoms with van der Waals surface area (Å²) in [5, 5.41) is 1.40. The van der Waals surface area contributed by atoms with E-state index in [-0.39, 0.29) is 11.6 Å². The Kier molecular flexibility index (Phi) is 14.7. The van der Waals surface area contributed by atoms with Gasteiger partial charge in [-0.25, -0.2) is 0 Å². The van der Waals surface area contributed by atoms with Crippen molar-refractivity contribution >= 4 is 72.7 Å². The van der Waals surface area contributed by atoms with E-state index in [0.717, 1.165) is 26.6 Å². The Morgan fingerprint density at radius 1 is 0.634 bits per heavy atom. The fourth-order valence-corrected chi connectivity index (χ4v) is 4.58. The average molecular weight is 723 g/mol. The van der Waals surface area contributed by atoms with E-state index < -0.39 is 0 Å². The summed E-state index contributed by atoms with van der Waals surface area (Å²) < 4.78 is 16.5. The highest BCUT2D eigenvalue weighted by Crippen LogP contribution is 2.24. The zero-order valence-electron chi connectivity index (χ0n) is 22.8. The number of carbonyl (C=O) groups is 2. The van der Waals surface area contributed by atoms with Crippen molar-refractivity contribution in [2.24, 2.45) is 0 Å². The predicted molar refractivity (Wildman–Crippen MR) is 174 cm³/mol. The number of ether oxygens (including phenoxy) is 3. The van der Waals surface area contributed by atoms with Crippen LogP contribution in [-0.4, -0.2) is 32.9 Å². The number of ketones is 2. The molecule has 4 aromatic rings. The minimum atomic E-state index is -0.0746. The zero-order chi connectivity index (χ0) is 30.4. The highest BCUT2D eigenvalue weighted by atomic mass is 79.9. The van der Waals surface area contributed by atoms with Gasteiger partial charge in [0.15, 0.2) is 11.6 Å². The van der Waals surface area contributed by atoms with Crippen molar-refractivity contribution in [2.75, 3.05) is 21.3 Å². The van der Waals surface area contributed by atoms with Crippen molar-refractivity contribution in [3.63, 3.8) is 0 Å². The number of Topliss-reactive ketones (excluding diaryl/α,β-unsaturated/α-hetero) is 1. The number of rotatable bonds is 7. The monoisotopic (exact) mass is 720 g/mol. The first-order chi connectivity index (χ1) is 19.6. The van der Waals surface area contributed by atoms with Crippen molar-refractivity contribution in [2.45, 2.75) is 6.92 Å². The van der Waals surface area contributed by atoms with Crippen LogP contribution in [0.5, 0.6) is 17.2 Å². The molecule has 0 radical (unpaired) electrons. The van der Waals surface area contributed by atoms with Gasteiger partial charge in [0, 0.05) is 30.1 Å². The van der Waals surface area contributed by atoms with Crippen molar-refractivity contribution in [1.82, 2.24) is 0 Å². The molecule has 0 heterocycles. The summed E-state index contributed by atoms with van der Waals surface area (Å²) in [6.45, 7) is 1.53. The van der Waals surface area contributed by atoms with E-state index in [4.69, 9.17) is 37.4 Å². The molecule has 0 bridgehead atoms. The minimum Gasteiger partial charge on any atom is -0.497 e. The Hall–Kier alpha value is -3.10. The molecule has 0 atom stereocenters. The predicted octanol–water partition coefficient (Wildman–Crippen LogP) is 10.0. The molecule has 0 unspecified atom stereocenters. The normalized spacial score (nSPS) is 10.0. The van der Waals surface area contributed by atoms with Crippen LogP contribution < -0.4 is 14.2 Å². The van der Waals surface area contributed by atoms with E-state index in [0.29, 0.717) is 26.4 Å². The second-order valence-electron chi connectivity index (χ2n) is 8.15. The Labute approximate surface area is 267 Å². The van der Waals surface area contributed by atoms with Gasteiger partial charge in [0.25, 0.3) is 0 Å². The lowest BCUT2D eigenvalue weighted by Gasteiger charge is -2.03. The Morgan fingerprint density at radius 3 is 1.46 bits per heavy atom. The minimum absolute atomic E-state index is 0.0459. The average Bonchev–Trinajstić information content (AvgIpc) is 2.97. The van der Waals surface area contributed by atoms with Crippen LogP contribution in [0.1, 0.15) is 33.2 Å². The molecule has 0 aromatic heterocycles. The van der Waals surface area contributed by atoms with Crippen LogP contribution in [0.15, 0.2) is 100.0 Å². The molecular weight excluding hydrogens is 695 g/mol. The van der Waals surface area contributed by atoms with Gasteiger partial charge < -0.3 is 14.2 Å². The maximum absolute atomic E-state index is 12.1. The van der Waals surface area contributed by atoms with Crippen molar-refractivity contribution in [3.05, 3.63) is 127 Å². The van der Waals surface area contributed by atoms with Crippen molar-refractivity contribution < 1.29 is 23.8 Å². The lowest BCUT2D eigenvalue weighted by molar-refractivity contribution is 0.101. The third-order valence-electron chi connectivity index (χ3n) is 5.34. The van der Waals surface area contributed by atoms with Gasteiger partial charge in [-0.3, -0.25) is 9.59 Å². The Morgan fingerprint density at radius 2 is 1.05 bits per heavy atom. The molecular formula is C32H28Br2Cl2O5. The second kappa shape index (κ2) is 17.7. The van der Waals surface area contributed by atoms with Crippen LogP contribution in [0, 0.1) is 0 Å². The largest absolute Gasteiger partial charge is 0.497 e. The molecule has 5 nitrogen and oxygen atoms in total. The summed E-state index contributed by atoms with van der Waals surface area (Å²) in [5.74, 6) is 2.25. The number of methoxy groups -OCH3 is 3. The second-order valence-corrected chi connectivity index (χ2v) is 10.7. The fraction of sp³-hybridized carbons (Fsp3) is 0.125. The number of hydrogen-bond acceptors (Lipinski definition) is 5. The van der Waals surface area contributed by atoms with Gasteiger partial charge in [-0.15, -0.1) is 0 Å². The molecule has 41 heavy (non-hydrogen) atoms. The first-order valence-electron chi connectivity index (χ1n) is 12.0. The number of carbonyl (C=O) groups excluding carboxylic acids is 2. The molecule has 0 fully saturated rings. The molecule has 0 saturated carbocycles. The van der Waals surface area contributed by atoms with Gasteiger partial charge in [0.05, 0.1) is 21.3 Å². The fourth-order valence-electron chi connectivity index (χ4n) is 3.14. The molecule has 0 amide bonds. The molecule has 0 aliphatic heterocycles. The topological polar surface area (TPSA) is 61.8 Å². The van der Waals surface area contributed by atoms with Crippen LogP contribution in [0.2, 0.25) is 10.0 Å². The summed E-state index contributed by atoms with van der Waals surface area (Å²) in [4.78, 5) is 23.1. The van der Waals surface area contributed by atoms with Crippen molar-refractivity contribution in [1.29, 1.82) is 0 Å². The molecule has 0 spiro atoms. The SMILES string of the molecule is COc1ccc(C(=O)/C=C/c2ccc(Cl)cc2)c(Br)c1.COc1ccc(C(C)=O)c(Br)c1.COc1ccc(Cl)cc1. The maximum Gasteiger partial charge on any atom is 0.186 e. The lowest BCUT2D eigenvalue weighted by Crippen LogP contribution is -1.96. The summed E-state index contributed by atoms with van der Waals surface area (Å²) in [6.07, 6.45) is 3.30. The molecule has 214 valence electrons. The first-order valence-corrected chi connectivity index (χ1v) is 14.4. The van der Waals surface area contributed by atoms with Crippen LogP contribution in [-0.2, 0) is 0 Å². The quantitative estimate of drug-likeness (QED) is 0.140. The van der Waals surface area contributed by atoms with E-state index in [1.165, 1.54) is 13.0 Å². The zero-order valence-corrected chi connectivity index (χ0v) is 27.5. The lowest BCUT2D eigenvalue weighted by atomic mass is 10.1. The highest BCUT2D eigenvalue weighted by molar-refractivity contribution is 9.10. The van der Waals surface area contributed by atoms with Gasteiger partial charge in [-0.1, -0.05) is 41.4 Å². The summed E-state index contributed by atoms with van der Waals surface area (Å²) in [7, 11) is 4.81. The summed E-state index contributed by atoms with van der Waals surface area (Å²) >= 11 is 18.1. The number of halogens is 4. The van der Waals surface area contributed by atoms with Crippen LogP contribution in [0.4, 0.5) is 0 Å². The molecule has 0 N–H and O–H groups in total. The summed E-state index contributed by atoms with van der Waals surface area (Å²) in [5.41, 5.74) is 2.19. The maximum atomic E-state index is 12.1. The highest BCUT2D eigenvalue weighted by Gasteiger charge is 2.08. The Bertz CT molecular complexity index is 1470.